The van der Waals surface area contributed by atoms with Crippen LogP contribution in [-0.2, 0) is 4.79 Å². The molecule has 1 radical (unpaired) electrons. The van der Waals surface area contributed by atoms with Crippen LogP contribution in [0, 0.1) is 0 Å². The van der Waals surface area contributed by atoms with E-state index < -0.39 is 6.10 Å². The van der Waals surface area contributed by atoms with Gasteiger partial charge in [0.1, 0.15) is 16.5 Å². The SMILES string of the molecule is CC([C]=O)Oc1ccc(Oc2ncc(Cl)cc2Cl)cc1. The number of nitrogens with zero attached hydrogens (tertiary/aromatic N) is 1. The molecule has 2 aromatic rings. The maximum absolute atomic E-state index is 10.4. The predicted molar refractivity (Wildman–Crippen MR) is 76.6 cm³/mol. The van der Waals surface area contributed by atoms with Gasteiger partial charge in [-0.3, -0.25) is 4.79 Å². The minimum Gasteiger partial charge on any atom is -0.482 e. The molecule has 103 valence electrons. The van der Waals surface area contributed by atoms with Gasteiger partial charge in [-0.25, -0.2) is 4.98 Å². The molecule has 2 rings (SSSR count). The fourth-order valence-corrected chi connectivity index (χ4v) is 1.82. The van der Waals surface area contributed by atoms with Gasteiger partial charge in [-0.1, -0.05) is 23.2 Å². The molecule has 20 heavy (non-hydrogen) atoms. The van der Waals surface area contributed by atoms with E-state index in [1.807, 2.05) is 0 Å². The van der Waals surface area contributed by atoms with E-state index in [1.54, 1.807) is 43.5 Å². The van der Waals surface area contributed by atoms with Gasteiger partial charge in [0.2, 0.25) is 12.2 Å². The predicted octanol–water partition coefficient (Wildman–Crippen LogP) is 4.06. The molecule has 0 aliphatic carbocycles. The summed E-state index contributed by atoms with van der Waals surface area (Å²) >= 11 is 11.7. The number of ether oxygens (including phenoxy) is 2. The fourth-order valence-electron chi connectivity index (χ4n) is 1.40. The summed E-state index contributed by atoms with van der Waals surface area (Å²) in [4.78, 5) is 14.4. The number of carbonyl (C=O) groups excluding carboxylic acids is 1. The topological polar surface area (TPSA) is 48.4 Å². The van der Waals surface area contributed by atoms with Crippen LogP contribution >= 0.6 is 23.2 Å². The van der Waals surface area contributed by atoms with Crippen LogP contribution in [0.1, 0.15) is 6.92 Å². The lowest BCUT2D eigenvalue weighted by Gasteiger charge is -2.09. The van der Waals surface area contributed by atoms with Crippen molar-refractivity contribution in [2.45, 2.75) is 13.0 Å². The molecule has 0 aliphatic heterocycles. The number of hydrogen-bond donors (Lipinski definition) is 0. The Bertz CT molecular complexity index is 602. The van der Waals surface area contributed by atoms with Gasteiger partial charge in [0.05, 0.1) is 5.02 Å². The second-order valence-corrected chi connectivity index (χ2v) is 4.74. The summed E-state index contributed by atoms with van der Waals surface area (Å²) in [7, 11) is 0. The largest absolute Gasteiger partial charge is 0.482 e. The molecule has 0 N–H and O–H groups in total. The molecular weight excluding hydrogens is 301 g/mol. The Morgan fingerprint density at radius 2 is 1.85 bits per heavy atom. The van der Waals surface area contributed by atoms with E-state index >= 15 is 0 Å². The fraction of sp³-hybridized carbons (Fsp3) is 0.143. The lowest BCUT2D eigenvalue weighted by Crippen LogP contribution is -2.12. The van der Waals surface area contributed by atoms with Gasteiger partial charge in [0.25, 0.3) is 0 Å². The molecule has 0 spiro atoms. The Kier molecular flexibility index (Phi) is 4.82. The minimum absolute atomic E-state index is 0.263. The molecular formula is C14H10Cl2NO3. The molecule has 0 amide bonds. The van der Waals surface area contributed by atoms with E-state index in [2.05, 4.69) is 4.98 Å². The standard InChI is InChI=1S/C14H10Cl2NO3/c1-9(8-18)19-11-2-4-12(5-3-11)20-14-13(16)6-10(15)7-17-14/h2-7,9H,1H3. The van der Waals surface area contributed by atoms with Gasteiger partial charge in [-0.05, 0) is 37.3 Å². The Morgan fingerprint density at radius 3 is 2.45 bits per heavy atom. The number of hydrogen-bond acceptors (Lipinski definition) is 4. The lowest BCUT2D eigenvalue weighted by molar-refractivity contribution is 0.278. The third kappa shape index (κ3) is 3.85. The Labute approximate surface area is 126 Å². The van der Waals surface area contributed by atoms with Crippen molar-refractivity contribution in [3.8, 4) is 17.4 Å². The van der Waals surface area contributed by atoms with Gasteiger partial charge < -0.3 is 9.47 Å². The molecule has 0 aliphatic rings. The normalized spacial score (nSPS) is 11.8. The summed E-state index contributed by atoms with van der Waals surface area (Å²) in [6, 6.07) is 8.25. The van der Waals surface area contributed by atoms with Crippen LogP contribution in [0.4, 0.5) is 0 Å². The van der Waals surface area contributed by atoms with E-state index in [0.717, 1.165) is 0 Å². The Balaban J connectivity index is 2.08. The average Bonchev–Trinajstić information content (AvgIpc) is 2.44. The summed E-state index contributed by atoms with van der Waals surface area (Å²) in [5.74, 6) is 1.35. The quantitative estimate of drug-likeness (QED) is 0.835. The molecule has 1 unspecified atom stereocenters. The molecule has 0 fully saturated rings. The van der Waals surface area contributed by atoms with Gasteiger partial charge in [0.15, 0.2) is 6.10 Å². The number of pyridine rings is 1. The molecule has 0 saturated heterocycles. The van der Waals surface area contributed by atoms with E-state index in [-0.39, 0.29) is 5.88 Å². The lowest BCUT2D eigenvalue weighted by atomic mass is 10.3. The first-order valence-corrected chi connectivity index (χ1v) is 6.47. The van der Waals surface area contributed by atoms with Gasteiger partial charge >= 0.3 is 0 Å². The second-order valence-electron chi connectivity index (χ2n) is 3.89. The first-order valence-electron chi connectivity index (χ1n) is 5.72. The zero-order valence-electron chi connectivity index (χ0n) is 10.5. The monoisotopic (exact) mass is 310 g/mol. The third-order valence-corrected chi connectivity index (χ3v) is 2.77. The van der Waals surface area contributed by atoms with Crippen molar-refractivity contribution in [3.63, 3.8) is 0 Å². The first-order chi connectivity index (χ1) is 9.58. The smallest absolute Gasteiger partial charge is 0.242 e. The average molecular weight is 311 g/mol. The summed E-state index contributed by atoms with van der Waals surface area (Å²) in [6.07, 6.45) is 2.57. The van der Waals surface area contributed by atoms with E-state index in [0.29, 0.717) is 21.5 Å². The van der Waals surface area contributed by atoms with E-state index in [1.165, 1.54) is 6.20 Å². The summed E-state index contributed by atoms with van der Waals surface area (Å²) in [5, 5.41) is 0.757. The highest BCUT2D eigenvalue weighted by atomic mass is 35.5. The van der Waals surface area contributed by atoms with Crippen molar-refractivity contribution in [1.82, 2.24) is 4.98 Å². The molecule has 1 atom stereocenters. The van der Waals surface area contributed by atoms with Gasteiger partial charge in [-0.2, -0.15) is 0 Å². The Hall–Kier alpha value is -1.78. The maximum atomic E-state index is 10.4. The minimum atomic E-state index is -0.617. The second kappa shape index (κ2) is 6.59. The summed E-state index contributed by atoms with van der Waals surface area (Å²) in [5.41, 5.74) is 0. The summed E-state index contributed by atoms with van der Waals surface area (Å²) in [6.45, 7) is 1.61. The Morgan fingerprint density at radius 1 is 1.20 bits per heavy atom. The first kappa shape index (κ1) is 14.6. The number of rotatable bonds is 5. The highest BCUT2D eigenvalue weighted by molar-refractivity contribution is 6.35. The number of aromatic nitrogens is 1. The van der Waals surface area contributed by atoms with Crippen molar-refractivity contribution in [2.75, 3.05) is 0 Å². The van der Waals surface area contributed by atoms with Crippen LogP contribution in [0.2, 0.25) is 10.0 Å². The number of benzene rings is 1. The molecule has 6 heteroatoms. The van der Waals surface area contributed by atoms with E-state index in [9.17, 15) is 4.79 Å². The van der Waals surface area contributed by atoms with Crippen LogP contribution in [-0.4, -0.2) is 17.4 Å². The molecule has 0 bridgehead atoms. The molecule has 0 saturated carbocycles. The molecule has 1 aromatic carbocycles. The van der Waals surface area contributed by atoms with Crippen LogP contribution in [0.15, 0.2) is 36.5 Å². The van der Waals surface area contributed by atoms with Crippen LogP contribution in [0.3, 0.4) is 0 Å². The number of halogens is 2. The van der Waals surface area contributed by atoms with Crippen LogP contribution in [0.5, 0.6) is 17.4 Å². The van der Waals surface area contributed by atoms with E-state index in [4.69, 9.17) is 32.7 Å². The third-order valence-electron chi connectivity index (χ3n) is 2.29. The van der Waals surface area contributed by atoms with Crippen molar-refractivity contribution < 1.29 is 14.3 Å². The van der Waals surface area contributed by atoms with Gasteiger partial charge in [0, 0.05) is 6.20 Å². The van der Waals surface area contributed by atoms with Crippen LogP contribution in [0.25, 0.3) is 0 Å². The highest BCUT2D eigenvalue weighted by Crippen LogP contribution is 2.29. The van der Waals surface area contributed by atoms with Crippen LogP contribution < -0.4 is 9.47 Å². The van der Waals surface area contributed by atoms with Gasteiger partial charge in [-0.15, -0.1) is 0 Å². The van der Waals surface area contributed by atoms with Crippen molar-refractivity contribution in [1.29, 1.82) is 0 Å². The molecule has 1 heterocycles. The van der Waals surface area contributed by atoms with Crippen molar-refractivity contribution >= 4 is 29.5 Å². The summed E-state index contributed by atoms with van der Waals surface area (Å²) < 4.78 is 10.8. The van der Waals surface area contributed by atoms with Crippen molar-refractivity contribution in [3.05, 3.63) is 46.6 Å². The maximum Gasteiger partial charge on any atom is 0.242 e. The van der Waals surface area contributed by atoms with Crippen molar-refractivity contribution in [2.24, 2.45) is 0 Å². The zero-order valence-corrected chi connectivity index (χ0v) is 12.0. The highest BCUT2D eigenvalue weighted by Gasteiger charge is 2.07. The molecule has 1 aromatic heterocycles. The zero-order chi connectivity index (χ0) is 14.5. The molecule has 4 nitrogen and oxygen atoms in total.